The maximum Gasteiger partial charge on any atom is 0.330 e. The van der Waals surface area contributed by atoms with Crippen LogP contribution in [0.4, 0.5) is 0 Å². The van der Waals surface area contributed by atoms with E-state index in [2.05, 4.69) is 6.58 Å². The topological polar surface area (TPSA) is 26.3 Å². The maximum absolute atomic E-state index is 10.7. The van der Waals surface area contributed by atoms with Crippen molar-refractivity contribution in [3.63, 3.8) is 0 Å². The minimum absolute atomic E-state index is 0.0849. The van der Waals surface area contributed by atoms with Crippen LogP contribution in [-0.4, -0.2) is 26.6 Å². The van der Waals surface area contributed by atoms with Gasteiger partial charge in [-0.1, -0.05) is 38.3 Å². The normalized spacial score (nSPS) is 11.2. The molecule has 0 unspecified atom stereocenters. The first-order chi connectivity index (χ1) is 7.66. The molecule has 0 atom stereocenters. The zero-order valence-electron chi connectivity index (χ0n) is 9.59. The van der Waals surface area contributed by atoms with E-state index in [1.165, 1.54) is 31.4 Å². The van der Waals surface area contributed by atoms with E-state index in [1.807, 2.05) is 0 Å². The molecular weight excluding hydrogens is 263 g/mol. The number of esters is 1. The summed E-state index contributed by atoms with van der Waals surface area (Å²) in [6.07, 6.45) is 6.88. The van der Waals surface area contributed by atoms with Crippen molar-refractivity contribution in [1.82, 2.24) is 0 Å². The van der Waals surface area contributed by atoms with E-state index in [0.29, 0.717) is 6.61 Å². The molecule has 2 nitrogen and oxygen atoms in total. The monoisotopic (exact) mass is 282 g/mol. The first-order valence-corrected chi connectivity index (χ1v) is 8.43. The van der Waals surface area contributed by atoms with Gasteiger partial charge in [-0.25, -0.2) is 4.79 Å². The Kier molecular flexibility index (Phi) is 11.5. The Bertz CT molecular complexity index is 198. The molecule has 0 saturated heterocycles. The summed E-state index contributed by atoms with van der Waals surface area (Å²) in [5, 5.41) is 0. The lowest BCUT2D eigenvalue weighted by Gasteiger charge is -2.03. The maximum atomic E-state index is 10.7. The summed E-state index contributed by atoms with van der Waals surface area (Å²) in [4.78, 5) is 10.7. The SMILES string of the molecule is C=CC(=O)OCCCCCCC[SiH2]C(Cl)Cl. The molecule has 0 aromatic carbocycles. The van der Waals surface area contributed by atoms with E-state index in [-0.39, 0.29) is 19.9 Å². The van der Waals surface area contributed by atoms with Crippen molar-refractivity contribution in [3.05, 3.63) is 12.7 Å². The highest BCUT2D eigenvalue weighted by molar-refractivity contribution is 6.68. The Morgan fingerprint density at radius 2 is 1.88 bits per heavy atom. The Hall–Kier alpha value is 0.00688. The number of ether oxygens (including phenoxy) is 1. The van der Waals surface area contributed by atoms with Crippen molar-refractivity contribution in [1.29, 1.82) is 0 Å². The van der Waals surface area contributed by atoms with Gasteiger partial charge in [0.2, 0.25) is 0 Å². The number of unbranched alkanes of at least 4 members (excludes halogenated alkanes) is 4. The second kappa shape index (κ2) is 11.5. The fraction of sp³-hybridized carbons (Fsp3) is 0.727. The highest BCUT2D eigenvalue weighted by atomic mass is 35.5. The lowest BCUT2D eigenvalue weighted by molar-refractivity contribution is -0.137. The number of hydrogen-bond acceptors (Lipinski definition) is 2. The van der Waals surface area contributed by atoms with E-state index >= 15 is 0 Å². The van der Waals surface area contributed by atoms with Gasteiger partial charge >= 0.3 is 5.97 Å². The van der Waals surface area contributed by atoms with Crippen LogP contribution in [-0.2, 0) is 9.53 Å². The van der Waals surface area contributed by atoms with Crippen LogP contribution in [0.5, 0.6) is 0 Å². The van der Waals surface area contributed by atoms with Crippen molar-refractivity contribution in [2.24, 2.45) is 0 Å². The predicted molar refractivity (Wildman–Crippen MR) is 73.1 cm³/mol. The Morgan fingerprint density at radius 1 is 1.25 bits per heavy atom. The lowest BCUT2D eigenvalue weighted by atomic mass is 10.2. The van der Waals surface area contributed by atoms with Crippen molar-refractivity contribution >= 4 is 38.7 Å². The standard InChI is InChI=1S/C11H20Cl2O2Si/c1-2-10(14)15-8-6-4-3-5-7-9-16-11(12)13/h2,11H,1,3-9,16H2. The second-order valence-corrected chi connectivity index (χ2v) is 8.09. The number of rotatable bonds is 10. The molecule has 0 aliphatic rings. The van der Waals surface area contributed by atoms with Gasteiger partial charge in [0.15, 0.2) is 0 Å². The quantitative estimate of drug-likeness (QED) is 0.202. The summed E-state index contributed by atoms with van der Waals surface area (Å²) in [5.41, 5.74) is 0. The van der Waals surface area contributed by atoms with Gasteiger partial charge in [-0.15, -0.1) is 23.2 Å². The van der Waals surface area contributed by atoms with Crippen LogP contribution < -0.4 is 0 Å². The largest absolute Gasteiger partial charge is 0.463 e. The number of carbonyl (C=O) groups excluding carboxylic acids is 1. The van der Waals surface area contributed by atoms with E-state index in [1.54, 1.807) is 0 Å². The molecule has 0 heterocycles. The fourth-order valence-electron chi connectivity index (χ4n) is 1.34. The van der Waals surface area contributed by atoms with Crippen LogP contribution in [0.1, 0.15) is 32.1 Å². The molecule has 0 aliphatic carbocycles. The van der Waals surface area contributed by atoms with E-state index < -0.39 is 0 Å². The van der Waals surface area contributed by atoms with Gasteiger partial charge in [-0.2, -0.15) is 0 Å². The highest BCUT2D eigenvalue weighted by Crippen LogP contribution is 2.08. The van der Waals surface area contributed by atoms with E-state index in [0.717, 1.165) is 12.8 Å². The molecule has 0 fully saturated rings. The molecule has 0 radical (unpaired) electrons. The third kappa shape index (κ3) is 12.1. The second-order valence-electron chi connectivity index (χ2n) is 3.67. The van der Waals surface area contributed by atoms with E-state index in [4.69, 9.17) is 27.9 Å². The Balaban J connectivity index is 3.04. The van der Waals surface area contributed by atoms with Crippen LogP contribution in [0.3, 0.4) is 0 Å². The van der Waals surface area contributed by atoms with Gasteiger partial charge in [-0.3, -0.25) is 0 Å². The van der Waals surface area contributed by atoms with Crippen molar-refractivity contribution in [3.8, 4) is 0 Å². The van der Waals surface area contributed by atoms with Crippen molar-refractivity contribution in [2.45, 2.75) is 42.6 Å². The third-order valence-corrected chi connectivity index (χ3v) is 4.88. The average molecular weight is 283 g/mol. The van der Waals surface area contributed by atoms with Crippen molar-refractivity contribution in [2.75, 3.05) is 6.61 Å². The zero-order valence-corrected chi connectivity index (χ0v) is 12.5. The van der Waals surface area contributed by atoms with E-state index in [9.17, 15) is 4.79 Å². The Morgan fingerprint density at radius 3 is 2.50 bits per heavy atom. The van der Waals surface area contributed by atoms with Gasteiger partial charge in [-0.05, 0) is 6.42 Å². The first-order valence-electron chi connectivity index (χ1n) is 5.74. The molecule has 0 aliphatic heterocycles. The minimum Gasteiger partial charge on any atom is -0.463 e. The molecule has 0 aromatic rings. The van der Waals surface area contributed by atoms with Crippen LogP contribution >= 0.6 is 23.2 Å². The van der Waals surface area contributed by atoms with Gasteiger partial charge in [0.25, 0.3) is 0 Å². The molecule has 0 spiro atoms. The van der Waals surface area contributed by atoms with Gasteiger partial charge in [0.05, 0.1) is 20.6 Å². The molecule has 5 heteroatoms. The number of halogens is 2. The average Bonchev–Trinajstić information content (AvgIpc) is 2.26. The molecule has 16 heavy (non-hydrogen) atoms. The summed E-state index contributed by atoms with van der Waals surface area (Å²) in [7, 11) is -0.261. The highest BCUT2D eigenvalue weighted by Gasteiger charge is 1.99. The molecule has 0 bridgehead atoms. The molecule has 0 N–H and O–H groups in total. The van der Waals surface area contributed by atoms with Crippen molar-refractivity contribution < 1.29 is 9.53 Å². The number of carbonyl (C=O) groups is 1. The molecule has 0 rings (SSSR count). The van der Waals surface area contributed by atoms with Crippen LogP contribution in [0.25, 0.3) is 0 Å². The molecule has 0 saturated carbocycles. The minimum atomic E-state index is -0.332. The molecule has 94 valence electrons. The third-order valence-electron chi connectivity index (χ3n) is 2.23. The van der Waals surface area contributed by atoms with Crippen LogP contribution in [0.2, 0.25) is 6.04 Å². The molecule has 0 amide bonds. The van der Waals surface area contributed by atoms with Gasteiger partial charge in [0, 0.05) is 6.08 Å². The Labute approximate surface area is 110 Å². The summed E-state index contributed by atoms with van der Waals surface area (Å²) in [6, 6.07) is 1.23. The summed E-state index contributed by atoms with van der Waals surface area (Å²) in [5.74, 6) is -0.332. The van der Waals surface area contributed by atoms with Gasteiger partial charge in [0.1, 0.15) is 0 Å². The summed E-state index contributed by atoms with van der Waals surface area (Å²) in [6.45, 7) is 3.84. The molecular formula is C11H20Cl2O2Si. The summed E-state index contributed by atoms with van der Waals surface area (Å²) < 4.78 is 4.78. The van der Waals surface area contributed by atoms with Crippen LogP contribution in [0, 0.1) is 0 Å². The molecule has 0 aromatic heterocycles. The lowest BCUT2D eigenvalue weighted by Crippen LogP contribution is -2.02. The smallest absolute Gasteiger partial charge is 0.330 e. The summed E-state index contributed by atoms with van der Waals surface area (Å²) >= 11 is 11.3. The fourth-order valence-corrected chi connectivity index (χ4v) is 3.22. The predicted octanol–water partition coefficient (Wildman–Crippen LogP) is 3.01. The van der Waals surface area contributed by atoms with Gasteiger partial charge < -0.3 is 4.74 Å². The number of alkyl halides is 2. The number of hydrogen-bond donors (Lipinski definition) is 0. The first kappa shape index (κ1) is 16.0. The zero-order chi connectivity index (χ0) is 12.2. The van der Waals surface area contributed by atoms with Crippen LogP contribution in [0.15, 0.2) is 12.7 Å².